The van der Waals surface area contributed by atoms with Gasteiger partial charge in [-0.05, 0) is 17.7 Å². The van der Waals surface area contributed by atoms with Gasteiger partial charge in [0.2, 0.25) is 5.95 Å². The van der Waals surface area contributed by atoms with Crippen LogP contribution in [0, 0.1) is 5.41 Å². The molecule has 0 spiro atoms. The third-order valence-electron chi connectivity index (χ3n) is 5.29. The Morgan fingerprint density at radius 3 is 2.52 bits per heavy atom. The summed E-state index contributed by atoms with van der Waals surface area (Å²) in [5, 5.41) is 0. The Bertz CT molecular complexity index is 1030. The Morgan fingerprint density at radius 2 is 1.83 bits per heavy atom. The maximum atomic E-state index is 13.0. The number of methoxy groups -OCH3 is 1. The highest BCUT2D eigenvalue weighted by Gasteiger charge is 2.33. The van der Waals surface area contributed by atoms with Crippen LogP contribution >= 0.6 is 0 Å². The largest absolute Gasteiger partial charge is 0.375 e. The van der Waals surface area contributed by atoms with Crippen LogP contribution in [0.3, 0.4) is 0 Å². The zero-order valence-corrected chi connectivity index (χ0v) is 17.1. The number of pyridine rings is 1. The molecule has 1 atom stereocenters. The Kier molecular flexibility index (Phi) is 5.20. The minimum atomic E-state index is -0.111. The summed E-state index contributed by atoms with van der Waals surface area (Å²) in [7, 11) is 1.72. The molecule has 0 amide bonds. The lowest BCUT2D eigenvalue weighted by atomic mass is 9.90. The van der Waals surface area contributed by atoms with Crippen LogP contribution in [-0.2, 0) is 11.3 Å². The van der Waals surface area contributed by atoms with Gasteiger partial charge in [0, 0.05) is 49.6 Å². The maximum absolute atomic E-state index is 13.0. The molecule has 150 valence electrons. The Morgan fingerprint density at radius 1 is 1.10 bits per heavy atom. The number of aromatic nitrogens is 3. The van der Waals surface area contributed by atoms with Gasteiger partial charge < -0.3 is 9.64 Å². The van der Waals surface area contributed by atoms with E-state index in [-0.39, 0.29) is 17.1 Å². The molecule has 29 heavy (non-hydrogen) atoms. The monoisotopic (exact) mass is 390 g/mol. The van der Waals surface area contributed by atoms with Crippen LogP contribution in [0.25, 0.3) is 11.3 Å². The molecule has 1 aromatic carbocycles. The normalized spacial score (nSPS) is 16.3. The summed E-state index contributed by atoms with van der Waals surface area (Å²) < 4.78 is 7.59. The highest BCUT2D eigenvalue weighted by molar-refractivity contribution is 5.59. The molecule has 0 N–H and O–H groups in total. The molecular formula is C23H26N4O2. The lowest BCUT2D eigenvalue weighted by Gasteiger charge is -2.41. The molecule has 1 aliphatic rings. The van der Waals surface area contributed by atoms with Crippen LogP contribution in [-0.4, -0.2) is 34.7 Å². The van der Waals surface area contributed by atoms with Gasteiger partial charge in [-0.3, -0.25) is 14.3 Å². The number of hydrogen-bond donors (Lipinski definition) is 0. The van der Waals surface area contributed by atoms with Gasteiger partial charge in [0.25, 0.3) is 5.56 Å². The minimum Gasteiger partial charge on any atom is -0.375 e. The summed E-state index contributed by atoms with van der Waals surface area (Å²) in [5.74, 6) is 0.696. The van der Waals surface area contributed by atoms with Crippen molar-refractivity contribution in [3.8, 4) is 11.3 Å². The van der Waals surface area contributed by atoms with Gasteiger partial charge in [0.15, 0.2) is 0 Å². The standard InChI is InChI=1S/C23H26N4O2/c1-23(2)15-26(14-20(29-3)18-7-5-4-6-8-18)22-25-19(13-21(28)27(22)16-23)17-9-11-24-12-10-17/h4-13,20H,14-16H2,1-3H3/t20-/m1/s1. The second-order valence-electron chi connectivity index (χ2n) is 8.28. The molecule has 0 saturated heterocycles. The molecule has 6 nitrogen and oxygen atoms in total. The second-order valence-corrected chi connectivity index (χ2v) is 8.28. The van der Waals surface area contributed by atoms with Crippen molar-refractivity contribution >= 4 is 5.95 Å². The van der Waals surface area contributed by atoms with Gasteiger partial charge >= 0.3 is 0 Å². The van der Waals surface area contributed by atoms with E-state index in [2.05, 4.69) is 35.9 Å². The first-order chi connectivity index (χ1) is 14.0. The Labute approximate surface area is 170 Å². The molecule has 6 heteroatoms. The summed E-state index contributed by atoms with van der Waals surface area (Å²) in [5.41, 5.74) is 2.58. The van der Waals surface area contributed by atoms with Crippen molar-refractivity contribution in [2.75, 3.05) is 25.1 Å². The molecule has 0 fully saturated rings. The first kappa shape index (κ1) is 19.3. The topological polar surface area (TPSA) is 60.2 Å². The van der Waals surface area contributed by atoms with Crippen molar-refractivity contribution in [2.24, 2.45) is 5.41 Å². The van der Waals surface area contributed by atoms with E-state index >= 15 is 0 Å². The van der Waals surface area contributed by atoms with Gasteiger partial charge in [0.05, 0.1) is 18.3 Å². The van der Waals surface area contributed by atoms with Crippen molar-refractivity contribution in [1.29, 1.82) is 0 Å². The van der Waals surface area contributed by atoms with Crippen molar-refractivity contribution in [3.05, 3.63) is 76.8 Å². The predicted molar refractivity (Wildman–Crippen MR) is 114 cm³/mol. The lowest BCUT2D eigenvalue weighted by molar-refractivity contribution is 0.103. The van der Waals surface area contributed by atoms with E-state index in [1.165, 1.54) is 0 Å². The van der Waals surface area contributed by atoms with E-state index in [9.17, 15) is 4.79 Å². The average Bonchev–Trinajstić information content (AvgIpc) is 2.73. The van der Waals surface area contributed by atoms with Crippen LogP contribution < -0.4 is 10.5 Å². The van der Waals surface area contributed by atoms with E-state index in [1.807, 2.05) is 30.3 Å². The highest BCUT2D eigenvalue weighted by atomic mass is 16.5. The molecule has 2 aromatic heterocycles. The molecular weight excluding hydrogens is 364 g/mol. The molecule has 1 aliphatic heterocycles. The zero-order valence-electron chi connectivity index (χ0n) is 17.1. The summed E-state index contributed by atoms with van der Waals surface area (Å²) in [4.78, 5) is 24.1. The quantitative estimate of drug-likeness (QED) is 0.667. The smallest absolute Gasteiger partial charge is 0.255 e. The van der Waals surface area contributed by atoms with Crippen LogP contribution in [0.1, 0.15) is 25.5 Å². The maximum Gasteiger partial charge on any atom is 0.255 e. The number of nitrogens with zero attached hydrogens (tertiary/aromatic N) is 4. The summed E-state index contributed by atoms with van der Waals surface area (Å²) in [6, 6.07) is 15.5. The molecule has 0 bridgehead atoms. The molecule has 0 unspecified atom stereocenters. The number of fused-ring (bicyclic) bond motifs is 1. The SMILES string of the molecule is CO[C@H](CN1CC(C)(C)Cn2c1nc(-c1ccncc1)cc2=O)c1ccccc1. The van der Waals surface area contributed by atoms with Gasteiger partial charge in [-0.15, -0.1) is 0 Å². The fourth-order valence-electron chi connectivity index (χ4n) is 3.95. The van der Waals surface area contributed by atoms with Gasteiger partial charge in [-0.2, -0.15) is 0 Å². The van der Waals surface area contributed by atoms with Gasteiger partial charge in [0.1, 0.15) is 0 Å². The second kappa shape index (κ2) is 7.79. The average molecular weight is 390 g/mol. The van der Waals surface area contributed by atoms with E-state index in [0.29, 0.717) is 24.7 Å². The number of hydrogen-bond acceptors (Lipinski definition) is 5. The fourth-order valence-corrected chi connectivity index (χ4v) is 3.95. The summed E-state index contributed by atoms with van der Waals surface area (Å²) in [6.45, 7) is 6.42. The number of ether oxygens (including phenoxy) is 1. The fraction of sp³-hybridized carbons (Fsp3) is 0.348. The highest BCUT2D eigenvalue weighted by Crippen LogP contribution is 2.32. The van der Waals surface area contributed by atoms with Crippen molar-refractivity contribution < 1.29 is 4.74 Å². The number of rotatable bonds is 5. The molecule has 4 rings (SSSR count). The van der Waals surface area contributed by atoms with Crippen molar-refractivity contribution in [1.82, 2.24) is 14.5 Å². The molecule has 0 radical (unpaired) electrons. The van der Waals surface area contributed by atoms with Crippen LogP contribution in [0.2, 0.25) is 0 Å². The molecule has 3 aromatic rings. The van der Waals surface area contributed by atoms with Gasteiger partial charge in [-0.25, -0.2) is 4.98 Å². The first-order valence-corrected chi connectivity index (χ1v) is 9.82. The minimum absolute atomic E-state index is 0.0340. The summed E-state index contributed by atoms with van der Waals surface area (Å²) in [6.07, 6.45) is 3.32. The predicted octanol–water partition coefficient (Wildman–Crippen LogP) is 3.54. The number of anilines is 1. The van der Waals surface area contributed by atoms with E-state index < -0.39 is 0 Å². The van der Waals surface area contributed by atoms with Gasteiger partial charge in [-0.1, -0.05) is 44.2 Å². The third-order valence-corrected chi connectivity index (χ3v) is 5.29. The third kappa shape index (κ3) is 4.07. The van der Waals surface area contributed by atoms with Crippen molar-refractivity contribution in [2.45, 2.75) is 26.5 Å². The van der Waals surface area contributed by atoms with E-state index in [1.54, 1.807) is 30.1 Å². The number of benzene rings is 1. The molecule has 0 saturated carbocycles. The van der Waals surface area contributed by atoms with Crippen LogP contribution in [0.4, 0.5) is 5.95 Å². The Balaban J connectivity index is 1.76. The Hall–Kier alpha value is -2.99. The van der Waals surface area contributed by atoms with Crippen molar-refractivity contribution in [3.63, 3.8) is 0 Å². The van der Waals surface area contributed by atoms with Crippen LogP contribution in [0.15, 0.2) is 65.7 Å². The molecule has 3 heterocycles. The van der Waals surface area contributed by atoms with E-state index in [4.69, 9.17) is 9.72 Å². The molecule has 0 aliphatic carbocycles. The summed E-state index contributed by atoms with van der Waals surface area (Å²) >= 11 is 0. The van der Waals surface area contributed by atoms with Crippen LogP contribution in [0.5, 0.6) is 0 Å². The first-order valence-electron chi connectivity index (χ1n) is 9.82. The lowest BCUT2D eigenvalue weighted by Crippen LogP contribution is -2.48. The van der Waals surface area contributed by atoms with E-state index in [0.717, 1.165) is 17.7 Å². The zero-order chi connectivity index (χ0) is 20.4.